The van der Waals surface area contributed by atoms with Crippen molar-refractivity contribution in [3.05, 3.63) is 52.8 Å². The Kier molecular flexibility index (Phi) is 3.74. The van der Waals surface area contributed by atoms with E-state index in [1.807, 2.05) is 56.1 Å². The molecule has 0 amide bonds. The highest BCUT2D eigenvalue weighted by atomic mass is 16.4. The topological polar surface area (TPSA) is 53.4 Å². The van der Waals surface area contributed by atoms with E-state index in [-0.39, 0.29) is 5.56 Å². The van der Waals surface area contributed by atoms with E-state index in [9.17, 15) is 9.90 Å². The minimum absolute atomic E-state index is 0.251. The minimum atomic E-state index is -0.953. The van der Waals surface area contributed by atoms with Gasteiger partial charge in [0.15, 0.2) is 0 Å². The fraction of sp³-hybridized carbons (Fsp3) is 0.250. The SMILES string of the molecule is Cc1cc(N(C)c2ccccc2C)c(C(=O)O)c(C)n1. The fourth-order valence-electron chi connectivity index (χ4n) is 2.41. The average molecular weight is 270 g/mol. The highest BCUT2D eigenvalue weighted by molar-refractivity contribution is 5.96. The van der Waals surface area contributed by atoms with Gasteiger partial charge in [-0.1, -0.05) is 18.2 Å². The number of nitrogens with zero attached hydrogens (tertiary/aromatic N) is 2. The predicted molar refractivity (Wildman–Crippen MR) is 79.9 cm³/mol. The van der Waals surface area contributed by atoms with Crippen molar-refractivity contribution in [2.24, 2.45) is 0 Å². The van der Waals surface area contributed by atoms with Crippen LogP contribution in [0.1, 0.15) is 27.3 Å². The zero-order chi connectivity index (χ0) is 14.9. The molecule has 0 spiro atoms. The molecule has 0 unspecified atom stereocenters. The van der Waals surface area contributed by atoms with Crippen molar-refractivity contribution in [2.75, 3.05) is 11.9 Å². The molecule has 4 heteroatoms. The molecule has 2 rings (SSSR count). The Morgan fingerprint density at radius 1 is 1.15 bits per heavy atom. The molecule has 0 atom stereocenters. The van der Waals surface area contributed by atoms with Gasteiger partial charge >= 0.3 is 5.97 Å². The van der Waals surface area contributed by atoms with Gasteiger partial charge in [-0.25, -0.2) is 4.79 Å². The molecule has 20 heavy (non-hydrogen) atoms. The third-order valence-electron chi connectivity index (χ3n) is 3.36. The Labute approximate surface area is 118 Å². The first kappa shape index (κ1) is 14.1. The van der Waals surface area contributed by atoms with Gasteiger partial charge in [0.1, 0.15) is 5.56 Å². The number of benzene rings is 1. The molecule has 1 heterocycles. The number of carboxylic acid groups (broad SMARTS) is 1. The number of rotatable bonds is 3. The molecule has 0 fully saturated rings. The van der Waals surface area contributed by atoms with Crippen LogP contribution in [-0.4, -0.2) is 23.1 Å². The zero-order valence-electron chi connectivity index (χ0n) is 12.1. The molecule has 0 saturated carbocycles. The Bertz CT molecular complexity index is 666. The van der Waals surface area contributed by atoms with E-state index in [4.69, 9.17) is 0 Å². The molecule has 104 valence electrons. The first-order valence-corrected chi connectivity index (χ1v) is 6.42. The lowest BCUT2D eigenvalue weighted by Crippen LogP contribution is -2.17. The summed E-state index contributed by atoms with van der Waals surface area (Å²) in [6.07, 6.45) is 0. The smallest absolute Gasteiger partial charge is 0.339 e. The van der Waals surface area contributed by atoms with Crippen LogP contribution in [0, 0.1) is 20.8 Å². The van der Waals surface area contributed by atoms with E-state index in [0.717, 1.165) is 16.9 Å². The van der Waals surface area contributed by atoms with Gasteiger partial charge < -0.3 is 10.0 Å². The summed E-state index contributed by atoms with van der Waals surface area (Å²) < 4.78 is 0. The Balaban J connectivity index is 2.63. The third kappa shape index (κ3) is 2.50. The lowest BCUT2D eigenvalue weighted by Gasteiger charge is -2.24. The largest absolute Gasteiger partial charge is 0.478 e. The molecule has 1 N–H and O–H groups in total. The van der Waals surface area contributed by atoms with Gasteiger partial charge in [-0.2, -0.15) is 0 Å². The standard InChI is InChI=1S/C16H18N2O2/c1-10-7-5-6-8-13(10)18(4)14-9-11(2)17-12(3)15(14)16(19)20/h5-9H,1-4H3,(H,19,20). The number of hydrogen-bond donors (Lipinski definition) is 1. The van der Waals surface area contributed by atoms with Gasteiger partial charge in [-0.05, 0) is 38.5 Å². The van der Waals surface area contributed by atoms with Crippen molar-refractivity contribution in [3.63, 3.8) is 0 Å². The maximum atomic E-state index is 11.5. The van der Waals surface area contributed by atoms with Crippen LogP contribution < -0.4 is 4.90 Å². The van der Waals surface area contributed by atoms with E-state index in [1.165, 1.54) is 0 Å². The Morgan fingerprint density at radius 3 is 2.40 bits per heavy atom. The summed E-state index contributed by atoms with van der Waals surface area (Å²) in [7, 11) is 1.88. The number of carbonyl (C=O) groups is 1. The molecular formula is C16H18N2O2. The van der Waals surface area contributed by atoms with Crippen molar-refractivity contribution in [2.45, 2.75) is 20.8 Å². The van der Waals surface area contributed by atoms with Gasteiger partial charge in [-0.3, -0.25) is 4.98 Å². The summed E-state index contributed by atoms with van der Waals surface area (Å²) in [4.78, 5) is 17.7. The minimum Gasteiger partial charge on any atom is -0.478 e. The summed E-state index contributed by atoms with van der Waals surface area (Å²) >= 11 is 0. The van der Waals surface area contributed by atoms with Gasteiger partial charge in [0, 0.05) is 18.4 Å². The molecule has 0 radical (unpaired) electrons. The number of aryl methyl sites for hydroxylation is 3. The lowest BCUT2D eigenvalue weighted by molar-refractivity contribution is 0.0696. The first-order valence-electron chi connectivity index (χ1n) is 6.42. The average Bonchev–Trinajstić information content (AvgIpc) is 2.37. The molecular weight excluding hydrogens is 252 g/mol. The summed E-state index contributed by atoms with van der Waals surface area (Å²) in [6.45, 7) is 5.60. The van der Waals surface area contributed by atoms with Crippen LogP contribution in [0.4, 0.5) is 11.4 Å². The van der Waals surface area contributed by atoms with Crippen molar-refractivity contribution in [3.8, 4) is 0 Å². The van der Waals surface area contributed by atoms with Gasteiger partial charge in [-0.15, -0.1) is 0 Å². The van der Waals surface area contributed by atoms with Crippen LogP contribution >= 0.6 is 0 Å². The van der Waals surface area contributed by atoms with E-state index in [0.29, 0.717) is 11.4 Å². The van der Waals surface area contributed by atoms with Gasteiger partial charge in [0.2, 0.25) is 0 Å². The fourth-order valence-corrected chi connectivity index (χ4v) is 2.41. The monoisotopic (exact) mass is 270 g/mol. The quantitative estimate of drug-likeness (QED) is 0.927. The number of hydrogen-bond acceptors (Lipinski definition) is 3. The number of aromatic nitrogens is 1. The van der Waals surface area contributed by atoms with E-state index < -0.39 is 5.97 Å². The van der Waals surface area contributed by atoms with Crippen molar-refractivity contribution in [1.29, 1.82) is 0 Å². The second-order valence-corrected chi connectivity index (χ2v) is 4.89. The van der Waals surface area contributed by atoms with Gasteiger partial charge in [0.05, 0.1) is 11.4 Å². The third-order valence-corrected chi connectivity index (χ3v) is 3.36. The molecule has 0 aliphatic carbocycles. The van der Waals surface area contributed by atoms with Gasteiger partial charge in [0.25, 0.3) is 0 Å². The summed E-state index contributed by atoms with van der Waals surface area (Å²) in [5.74, 6) is -0.953. The number of aromatic carboxylic acids is 1. The van der Waals surface area contributed by atoms with Crippen LogP contribution in [0.25, 0.3) is 0 Å². The second kappa shape index (κ2) is 5.33. The summed E-state index contributed by atoms with van der Waals surface area (Å²) in [5, 5.41) is 9.44. The van der Waals surface area contributed by atoms with E-state index in [1.54, 1.807) is 6.92 Å². The summed E-state index contributed by atoms with van der Waals surface area (Å²) in [6, 6.07) is 9.70. The lowest BCUT2D eigenvalue weighted by atomic mass is 10.1. The number of pyridine rings is 1. The van der Waals surface area contributed by atoms with E-state index >= 15 is 0 Å². The molecule has 0 aliphatic heterocycles. The van der Waals surface area contributed by atoms with Crippen LogP contribution in [0.2, 0.25) is 0 Å². The Hall–Kier alpha value is -2.36. The maximum Gasteiger partial charge on any atom is 0.339 e. The van der Waals surface area contributed by atoms with Crippen molar-refractivity contribution < 1.29 is 9.90 Å². The number of anilines is 2. The van der Waals surface area contributed by atoms with E-state index in [2.05, 4.69) is 4.98 Å². The van der Waals surface area contributed by atoms with Crippen LogP contribution in [0.5, 0.6) is 0 Å². The Morgan fingerprint density at radius 2 is 1.80 bits per heavy atom. The number of carboxylic acids is 1. The predicted octanol–water partition coefficient (Wildman–Crippen LogP) is 3.47. The van der Waals surface area contributed by atoms with Crippen LogP contribution in [0.15, 0.2) is 30.3 Å². The molecule has 2 aromatic rings. The second-order valence-electron chi connectivity index (χ2n) is 4.89. The highest BCUT2D eigenvalue weighted by Crippen LogP contribution is 2.31. The van der Waals surface area contributed by atoms with Crippen molar-refractivity contribution >= 4 is 17.3 Å². The highest BCUT2D eigenvalue weighted by Gasteiger charge is 2.19. The zero-order valence-corrected chi connectivity index (χ0v) is 12.1. The molecule has 0 aliphatic rings. The van der Waals surface area contributed by atoms with Crippen LogP contribution in [-0.2, 0) is 0 Å². The number of para-hydroxylation sites is 1. The normalized spacial score (nSPS) is 10.4. The molecule has 4 nitrogen and oxygen atoms in total. The van der Waals surface area contributed by atoms with Crippen LogP contribution in [0.3, 0.4) is 0 Å². The summed E-state index contributed by atoms with van der Waals surface area (Å²) in [5.41, 5.74) is 4.34. The molecule has 1 aromatic heterocycles. The maximum absolute atomic E-state index is 11.5. The van der Waals surface area contributed by atoms with Crippen molar-refractivity contribution in [1.82, 2.24) is 4.98 Å². The molecule has 0 bridgehead atoms. The molecule has 0 saturated heterocycles. The molecule has 1 aromatic carbocycles. The first-order chi connectivity index (χ1) is 9.41.